The van der Waals surface area contributed by atoms with E-state index in [1.165, 1.54) is 12.2 Å². The Morgan fingerprint density at radius 2 is 2.15 bits per heavy atom. The molecule has 0 bridgehead atoms. The molecular formula is C7H13N3O3. The fraction of sp³-hybridized carbons (Fsp3) is 0.571. The van der Waals surface area contributed by atoms with Gasteiger partial charge in [0.1, 0.15) is 12.4 Å². The van der Waals surface area contributed by atoms with Crippen LogP contribution in [0.5, 0.6) is 0 Å². The minimum atomic E-state index is -1.75. The summed E-state index contributed by atoms with van der Waals surface area (Å²) in [7, 11) is 2.06. The van der Waals surface area contributed by atoms with E-state index in [9.17, 15) is 0 Å². The summed E-state index contributed by atoms with van der Waals surface area (Å²) in [4.78, 5) is 11.4. The number of aromatic nitrogens is 2. The lowest BCUT2D eigenvalue weighted by molar-refractivity contribution is -0.677. The van der Waals surface area contributed by atoms with Crippen LogP contribution in [0.25, 0.3) is 0 Å². The average Bonchev–Trinajstić information content (AvgIpc) is 2.36. The van der Waals surface area contributed by atoms with Gasteiger partial charge in [-0.3, -0.25) is 0 Å². The Bertz CT molecular complexity index is 255. The van der Waals surface area contributed by atoms with Crippen molar-refractivity contribution in [1.82, 2.24) is 4.98 Å². The highest BCUT2D eigenvalue weighted by Gasteiger charge is 2.02. The molecule has 0 spiro atoms. The topological polar surface area (TPSA) is 85.9 Å². The monoisotopic (exact) mass is 187 g/mol. The number of hydrogen-bond donors (Lipinski definition) is 1. The molecule has 13 heavy (non-hydrogen) atoms. The Hall–Kier alpha value is -1.59. The molecule has 0 aliphatic rings. The van der Waals surface area contributed by atoms with Gasteiger partial charge < -0.3 is 15.3 Å². The average molecular weight is 187 g/mol. The minimum absolute atomic E-state index is 1.14. The number of nitrogens with one attached hydrogen (secondary N) is 1. The molecule has 1 heterocycles. The molecular weight excluding hydrogens is 174 g/mol. The van der Waals surface area contributed by atoms with Crippen molar-refractivity contribution >= 4 is 0 Å². The van der Waals surface area contributed by atoms with Crippen LogP contribution in [0.3, 0.4) is 0 Å². The third-order valence-electron chi connectivity index (χ3n) is 1.46. The summed E-state index contributed by atoms with van der Waals surface area (Å²) in [6.07, 6.45) is 6.34. The second-order valence-electron chi connectivity index (χ2n) is 2.49. The van der Waals surface area contributed by atoms with Gasteiger partial charge in [-0.25, -0.2) is 9.55 Å². The lowest BCUT2D eigenvalue weighted by Gasteiger charge is -1.87. The van der Waals surface area contributed by atoms with Gasteiger partial charge in [0.05, 0.1) is 12.1 Å². The van der Waals surface area contributed by atoms with E-state index in [-0.39, 0.29) is 0 Å². The van der Waals surface area contributed by atoms with Gasteiger partial charge in [-0.05, 0) is 6.42 Å². The smallest absolute Gasteiger partial charge is 0.253 e. The number of imidazole rings is 1. The molecule has 0 aliphatic heterocycles. The number of aryl methyl sites for hydroxylation is 2. The second kappa shape index (κ2) is 5.99. The van der Waals surface area contributed by atoms with Crippen molar-refractivity contribution in [2.24, 2.45) is 7.05 Å². The molecule has 1 rings (SSSR count). The Balaban J connectivity index is 0.000000310. The van der Waals surface area contributed by atoms with Crippen LogP contribution < -0.4 is 4.57 Å². The van der Waals surface area contributed by atoms with Gasteiger partial charge in [0.15, 0.2) is 0 Å². The maximum atomic E-state index is 8.25. The number of H-pyrrole nitrogens is 1. The second-order valence-corrected chi connectivity index (χ2v) is 2.49. The SMILES string of the molecule is CCCc1[nH]cc[n+]1C.O=[N+]([O-])[O-]. The van der Waals surface area contributed by atoms with Crippen LogP contribution in [0, 0.1) is 15.3 Å². The summed E-state index contributed by atoms with van der Waals surface area (Å²) in [6, 6.07) is 0. The van der Waals surface area contributed by atoms with Crippen LogP contribution in [-0.4, -0.2) is 10.1 Å². The fourth-order valence-electron chi connectivity index (χ4n) is 0.922. The van der Waals surface area contributed by atoms with E-state index in [0.29, 0.717) is 0 Å². The van der Waals surface area contributed by atoms with Crippen LogP contribution >= 0.6 is 0 Å². The van der Waals surface area contributed by atoms with Gasteiger partial charge in [-0.2, -0.15) is 0 Å². The van der Waals surface area contributed by atoms with Crippen molar-refractivity contribution in [3.05, 3.63) is 33.5 Å². The van der Waals surface area contributed by atoms with Gasteiger partial charge in [0.25, 0.3) is 5.82 Å². The van der Waals surface area contributed by atoms with Gasteiger partial charge in [0, 0.05) is 6.42 Å². The van der Waals surface area contributed by atoms with E-state index >= 15 is 0 Å². The zero-order valence-corrected chi connectivity index (χ0v) is 7.69. The van der Waals surface area contributed by atoms with Crippen molar-refractivity contribution in [2.75, 3.05) is 0 Å². The molecule has 74 valence electrons. The molecule has 1 aromatic rings. The lowest BCUT2D eigenvalue weighted by atomic mass is 10.3. The number of rotatable bonds is 2. The summed E-state index contributed by atoms with van der Waals surface area (Å²) in [5.74, 6) is 1.30. The molecule has 0 saturated heterocycles. The maximum absolute atomic E-state index is 8.25. The fourth-order valence-corrected chi connectivity index (χ4v) is 0.922. The quantitative estimate of drug-likeness (QED) is 0.416. The van der Waals surface area contributed by atoms with Crippen LogP contribution in [0.15, 0.2) is 12.4 Å². The Morgan fingerprint density at radius 1 is 1.62 bits per heavy atom. The molecule has 0 amide bonds. The van der Waals surface area contributed by atoms with Crippen LogP contribution in [0.1, 0.15) is 19.2 Å². The largest absolute Gasteiger partial charge is 0.356 e. The molecule has 0 saturated carbocycles. The molecule has 0 fully saturated rings. The molecule has 0 atom stereocenters. The van der Waals surface area contributed by atoms with Gasteiger partial charge in [-0.15, -0.1) is 0 Å². The highest BCUT2D eigenvalue weighted by molar-refractivity contribution is 4.75. The molecule has 6 heteroatoms. The van der Waals surface area contributed by atoms with Crippen LogP contribution in [0.2, 0.25) is 0 Å². The highest BCUT2D eigenvalue weighted by atomic mass is 16.9. The van der Waals surface area contributed by atoms with E-state index in [4.69, 9.17) is 15.3 Å². The zero-order chi connectivity index (χ0) is 10.3. The first-order valence-corrected chi connectivity index (χ1v) is 3.91. The first kappa shape index (κ1) is 11.4. The van der Waals surface area contributed by atoms with Crippen LogP contribution in [-0.2, 0) is 13.5 Å². The highest BCUT2D eigenvalue weighted by Crippen LogP contribution is 1.89. The van der Waals surface area contributed by atoms with Crippen molar-refractivity contribution in [3.8, 4) is 0 Å². The van der Waals surface area contributed by atoms with Gasteiger partial charge in [-0.1, -0.05) is 6.92 Å². The van der Waals surface area contributed by atoms with Crippen LogP contribution in [0.4, 0.5) is 0 Å². The van der Waals surface area contributed by atoms with Gasteiger partial charge >= 0.3 is 0 Å². The lowest BCUT2D eigenvalue weighted by Crippen LogP contribution is -2.30. The Labute approximate surface area is 75.9 Å². The van der Waals surface area contributed by atoms with Crippen molar-refractivity contribution in [1.29, 1.82) is 0 Å². The predicted octanol–water partition coefficient (Wildman–Crippen LogP) is 0.553. The summed E-state index contributed by atoms with van der Waals surface area (Å²) in [6.45, 7) is 2.18. The van der Waals surface area contributed by atoms with Crippen molar-refractivity contribution in [3.63, 3.8) is 0 Å². The Morgan fingerprint density at radius 3 is 2.46 bits per heavy atom. The number of aromatic amines is 1. The molecule has 6 nitrogen and oxygen atoms in total. The predicted molar refractivity (Wildman–Crippen MR) is 46.3 cm³/mol. The first-order valence-electron chi connectivity index (χ1n) is 3.91. The standard InChI is InChI=1S/C7H12N2.NO3/c1-3-4-7-8-5-6-9(7)2;2-1(3)4/h5-6H,3-4H2,1-2H3;/q;-1/p+1. The van der Waals surface area contributed by atoms with E-state index < -0.39 is 5.09 Å². The molecule has 0 unspecified atom stereocenters. The van der Waals surface area contributed by atoms with E-state index in [1.807, 2.05) is 12.4 Å². The summed E-state index contributed by atoms with van der Waals surface area (Å²) < 4.78 is 2.11. The molecule has 0 aromatic carbocycles. The molecule has 1 aromatic heterocycles. The van der Waals surface area contributed by atoms with E-state index in [2.05, 4.69) is 23.5 Å². The third-order valence-corrected chi connectivity index (χ3v) is 1.46. The van der Waals surface area contributed by atoms with Crippen molar-refractivity contribution in [2.45, 2.75) is 19.8 Å². The first-order chi connectivity index (χ1) is 6.07. The molecule has 0 radical (unpaired) electrons. The summed E-state index contributed by atoms with van der Waals surface area (Å²) in [5, 5.41) is 14.8. The minimum Gasteiger partial charge on any atom is -0.356 e. The molecule has 0 aliphatic carbocycles. The maximum Gasteiger partial charge on any atom is 0.253 e. The third kappa shape index (κ3) is 5.66. The molecule has 1 N–H and O–H groups in total. The number of hydrogen-bond acceptors (Lipinski definition) is 3. The van der Waals surface area contributed by atoms with E-state index in [0.717, 1.165) is 6.42 Å². The Kier molecular flexibility index (Phi) is 5.25. The number of nitrogens with zero attached hydrogens (tertiary/aromatic N) is 2. The van der Waals surface area contributed by atoms with E-state index in [1.54, 1.807) is 0 Å². The summed E-state index contributed by atoms with van der Waals surface area (Å²) in [5.41, 5.74) is 0. The van der Waals surface area contributed by atoms with Gasteiger partial charge in [0.2, 0.25) is 0 Å². The summed E-state index contributed by atoms with van der Waals surface area (Å²) >= 11 is 0. The normalized spacial score (nSPS) is 8.77. The zero-order valence-electron chi connectivity index (χ0n) is 7.69. The van der Waals surface area contributed by atoms with Crippen molar-refractivity contribution < 1.29 is 9.65 Å².